The van der Waals surface area contributed by atoms with Crippen molar-refractivity contribution in [2.45, 2.75) is 26.8 Å². The highest BCUT2D eigenvalue weighted by atomic mass is 16.2. The van der Waals surface area contributed by atoms with Gasteiger partial charge in [0.25, 0.3) is 11.8 Å². The van der Waals surface area contributed by atoms with Crippen LogP contribution in [0.1, 0.15) is 51.4 Å². The van der Waals surface area contributed by atoms with Crippen LogP contribution in [0.25, 0.3) is 11.6 Å². The Hall–Kier alpha value is -4.43. The van der Waals surface area contributed by atoms with Gasteiger partial charge in [-0.2, -0.15) is 0 Å². The minimum Gasteiger partial charge on any atom is -0.357 e. The molecule has 0 saturated carbocycles. The molecule has 2 heterocycles. The van der Waals surface area contributed by atoms with Crippen LogP contribution in [-0.2, 0) is 9.59 Å². The van der Waals surface area contributed by atoms with Crippen LogP contribution in [0.4, 0.5) is 11.4 Å². The lowest BCUT2D eigenvalue weighted by atomic mass is 10.0. The van der Waals surface area contributed by atoms with Crippen LogP contribution < -0.4 is 16.0 Å². The fourth-order valence-corrected chi connectivity index (χ4v) is 4.36. The quantitative estimate of drug-likeness (QED) is 0.330. The van der Waals surface area contributed by atoms with Gasteiger partial charge in [0.15, 0.2) is 0 Å². The van der Waals surface area contributed by atoms with E-state index in [1.807, 2.05) is 70.1 Å². The second kappa shape index (κ2) is 11.3. The van der Waals surface area contributed by atoms with E-state index in [1.54, 1.807) is 30.4 Å². The molecule has 0 spiro atoms. The molecule has 0 aliphatic carbocycles. The van der Waals surface area contributed by atoms with E-state index in [0.29, 0.717) is 40.3 Å². The standard InChI is InChI=1S/C30H33N5O3/c1-18-26(31-20(3)28(18)34-27(36)12-9-15-35(4)5)17-24-23-16-22(13-14-25(23)33-30(24)38)29(37)32-19(2)21-10-7-6-8-11-21/h6-14,16-17,19,31H,15H2,1-5H3,(H,32,37)(H,33,38)(H,34,36)/b12-9+,24-17-/t19-/m1/s1. The van der Waals surface area contributed by atoms with Crippen molar-refractivity contribution in [1.29, 1.82) is 0 Å². The molecule has 3 amide bonds. The Morgan fingerprint density at radius 2 is 1.82 bits per heavy atom. The summed E-state index contributed by atoms with van der Waals surface area (Å²) in [5.41, 5.74) is 6.20. The molecule has 4 rings (SSSR count). The highest BCUT2D eigenvalue weighted by Crippen LogP contribution is 2.35. The van der Waals surface area contributed by atoms with E-state index in [-0.39, 0.29) is 23.8 Å². The van der Waals surface area contributed by atoms with Gasteiger partial charge in [0.2, 0.25) is 5.91 Å². The lowest BCUT2D eigenvalue weighted by Gasteiger charge is -2.14. The highest BCUT2D eigenvalue weighted by molar-refractivity contribution is 6.35. The number of amides is 3. The Morgan fingerprint density at radius 3 is 2.53 bits per heavy atom. The maximum atomic E-state index is 13.0. The van der Waals surface area contributed by atoms with Gasteiger partial charge >= 0.3 is 0 Å². The molecule has 1 aliphatic rings. The van der Waals surface area contributed by atoms with Gasteiger partial charge in [0, 0.05) is 40.8 Å². The van der Waals surface area contributed by atoms with Gasteiger partial charge < -0.3 is 25.8 Å². The molecule has 196 valence electrons. The molecule has 2 aromatic carbocycles. The third-order valence-electron chi connectivity index (χ3n) is 6.46. The number of aryl methyl sites for hydroxylation is 1. The average Bonchev–Trinajstić information content (AvgIpc) is 3.33. The smallest absolute Gasteiger partial charge is 0.256 e. The molecular formula is C30H33N5O3. The minimum absolute atomic E-state index is 0.164. The van der Waals surface area contributed by atoms with Gasteiger partial charge in [-0.15, -0.1) is 0 Å². The predicted octanol–water partition coefficient (Wildman–Crippen LogP) is 4.67. The van der Waals surface area contributed by atoms with E-state index in [9.17, 15) is 14.4 Å². The fourth-order valence-electron chi connectivity index (χ4n) is 4.36. The summed E-state index contributed by atoms with van der Waals surface area (Å²) in [6.07, 6.45) is 5.06. The van der Waals surface area contributed by atoms with Crippen molar-refractivity contribution in [2.75, 3.05) is 31.3 Å². The molecule has 1 atom stereocenters. The van der Waals surface area contributed by atoms with Crippen molar-refractivity contribution in [3.8, 4) is 0 Å². The zero-order valence-electron chi connectivity index (χ0n) is 22.3. The zero-order valence-corrected chi connectivity index (χ0v) is 22.3. The van der Waals surface area contributed by atoms with Gasteiger partial charge in [-0.05, 0) is 70.3 Å². The van der Waals surface area contributed by atoms with Crippen molar-refractivity contribution >= 4 is 40.7 Å². The largest absolute Gasteiger partial charge is 0.357 e. The van der Waals surface area contributed by atoms with Crippen LogP contribution in [-0.4, -0.2) is 48.2 Å². The van der Waals surface area contributed by atoms with Gasteiger partial charge in [-0.3, -0.25) is 14.4 Å². The van der Waals surface area contributed by atoms with Crippen molar-refractivity contribution in [3.05, 3.63) is 94.3 Å². The number of aromatic nitrogens is 1. The molecule has 1 aromatic heterocycles. The number of aromatic amines is 1. The number of H-pyrrole nitrogens is 1. The van der Waals surface area contributed by atoms with Crippen LogP contribution >= 0.6 is 0 Å². The summed E-state index contributed by atoms with van der Waals surface area (Å²) in [6, 6.07) is 14.8. The minimum atomic E-state index is -0.251. The molecule has 8 heteroatoms. The number of rotatable bonds is 8. The molecule has 0 bridgehead atoms. The number of anilines is 2. The Kier molecular flexibility index (Phi) is 7.93. The number of nitrogens with zero attached hydrogens (tertiary/aromatic N) is 1. The van der Waals surface area contributed by atoms with E-state index >= 15 is 0 Å². The van der Waals surface area contributed by atoms with Crippen molar-refractivity contribution in [1.82, 2.24) is 15.2 Å². The van der Waals surface area contributed by atoms with Gasteiger partial charge in [0.05, 0.1) is 17.3 Å². The lowest BCUT2D eigenvalue weighted by molar-refractivity contribution is -0.112. The second-order valence-electron chi connectivity index (χ2n) is 9.70. The molecule has 0 saturated heterocycles. The molecule has 0 fully saturated rings. The number of fused-ring (bicyclic) bond motifs is 1. The van der Waals surface area contributed by atoms with Crippen molar-refractivity contribution in [2.24, 2.45) is 0 Å². The Balaban J connectivity index is 1.57. The van der Waals surface area contributed by atoms with Gasteiger partial charge in [0.1, 0.15) is 0 Å². The first kappa shape index (κ1) is 26.6. The topological polar surface area (TPSA) is 106 Å². The normalized spacial score (nSPS) is 14.6. The third-order valence-corrected chi connectivity index (χ3v) is 6.46. The predicted molar refractivity (Wildman–Crippen MR) is 152 cm³/mol. The number of hydrogen-bond donors (Lipinski definition) is 4. The summed E-state index contributed by atoms with van der Waals surface area (Å²) in [5.74, 6) is -0.693. The molecule has 0 unspecified atom stereocenters. The molecule has 38 heavy (non-hydrogen) atoms. The number of nitrogens with one attached hydrogen (secondary N) is 4. The van der Waals surface area contributed by atoms with Gasteiger partial charge in [-0.25, -0.2) is 0 Å². The molecule has 1 aliphatic heterocycles. The van der Waals surface area contributed by atoms with Crippen LogP contribution in [0.2, 0.25) is 0 Å². The lowest BCUT2D eigenvalue weighted by Crippen LogP contribution is -2.26. The van der Waals surface area contributed by atoms with E-state index in [0.717, 1.165) is 16.8 Å². The van der Waals surface area contributed by atoms with Crippen LogP contribution in [0.15, 0.2) is 60.7 Å². The molecule has 3 aromatic rings. The maximum absolute atomic E-state index is 13.0. The SMILES string of the molecule is Cc1[nH]c(/C=C2\C(=O)Nc3ccc(C(=O)N[C@H](C)c4ccccc4)cc32)c(C)c1NC(=O)/C=C/CN(C)C. The summed E-state index contributed by atoms with van der Waals surface area (Å²) in [4.78, 5) is 43.5. The summed E-state index contributed by atoms with van der Waals surface area (Å²) < 4.78 is 0. The number of hydrogen-bond acceptors (Lipinski definition) is 4. The number of carbonyl (C=O) groups is 3. The molecule has 8 nitrogen and oxygen atoms in total. The van der Waals surface area contributed by atoms with Crippen LogP contribution in [0.3, 0.4) is 0 Å². The first-order valence-electron chi connectivity index (χ1n) is 12.5. The summed E-state index contributed by atoms with van der Waals surface area (Å²) >= 11 is 0. The van der Waals surface area contributed by atoms with Gasteiger partial charge in [-0.1, -0.05) is 36.4 Å². The summed E-state index contributed by atoms with van der Waals surface area (Å²) in [7, 11) is 3.86. The monoisotopic (exact) mass is 511 g/mol. The summed E-state index contributed by atoms with van der Waals surface area (Å²) in [5, 5.41) is 8.82. The Labute approximate surface area is 222 Å². The number of likely N-dealkylation sites (N-methyl/N-ethyl adjacent to an activating group) is 1. The van der Waals surface area contributed by atoms with E-state index in [2.05, 4.69) is 20.9 Å². The average molecular weight is 512 g/mol. The Morgan fingerprint density at radius 1 is 1.08 bits per heavy atom. The first-order valence-corrected chi connectivity index (χ1v) is 12.5. The van der Waals surface area contributed by atoms with E-state index in [1.165, 1.54) is 6.08 Å². The highest BCUT2D eigenvalue weighted by Gasteiger charge is 2.26. The first-order chi connectivity index (χ1) is 18.1. The van der Waals surface area contributed by atoms with Crippen molar-refractivity contribution < 1.29 is 14.4 Å². The van der Waals surface area contributed by atoms with E-state index < -0.39 is 0 Å². The van der Waals surface area contributed by atoms with Crippen LogP contribution in [0, 0.1) is 13.8 Å². The molecular weight excluding hydrogens is 478 g/mol. The Bertz CT molecular complexity index is 1430. The third kappa shape index (κ3) is 5.92. The molecule has 0 radical (unpaired) electrons. The maximum Gasteiger partial charge on any atom is 0.256 e. The van der Waals surface area contributed by atoms with E-state index in [4.69, 9.17) is 0 Å². The second-order valence-corrected chi connectivity index (χ2v) is 9.70. The fraction of sp³-hybridized carbons (Fsp3) is 0.233. The number of carbonyl (C=O) groups excluding carboxylic acids is 3. The molecule has 4 N–H and O–H groups in total. The van der Waals surface area contributed by atoms with Crippen LogP contribution in [0.5, 0.6) is 0 Å². The number of benzene rings is 2. The zero-order chi connectivity index (χ0) is 27.4. The summed E-state index contributed by atoms with van der Waals surface area (Å²) in [6.45, 7) is 6.35. The van der Waals surface area contributed by atoms with Crippen molar-refractivity contribution in [3.63, 3.8) is 0 Å².